The SMILES string of the molecule is Cc1ccc(C(C)C)c(O)c1C(N)CC(=O)O. The number of benzene rings is 1. The van der Waals surface area contributed by atoms with E-state index < -0.39 is 12.0 Å². The lowest BCUT2D eigenvalue weighted by molar-refractivity contribution is -0.137. The summed E-state index contributed by atoms with van der Waals surface area (Å²) in [6, 6.07) is 3.05. The zero-order valence-corrected chi connectivity index (χ0v) is 10.4. The Labute approximate surface area is 101 Å². The highest BCUT2D eigenvalue weighted by atomic mass is 16.4. The van der Waals surface area contributed by atoms with Gasteiger partial charge in [-0.05, 0) is 24.0 Å². The summed E-state index contributed by atoms with van der Waals surface area (Å²) >= 11 is 0. The maximum Gasteiger partial charge on any atom is 0.305 e. The van der Waals surface area contributed by atoms with Crippen molar-refractivity contribution in [1.29, 1.82) is 0 Å². The minimum atomic E-state index is -0.966. The summed E-state index contributed by atoms with van der Waals surface area (Å²) in [5.41, 5.74) is 7.98. The standard InChI is InChI=1S/C13H19NO3/c1-7(2)9-5-4-8(3)12(13(9)17)10(14)6-11(15)16/h4-5,7,10,17H,6,14H2,1-3H3,(H,15,16). The highest BCUT2D eigenvalue weighted by molar-refractivity contribution is 5.68. The van der Waals surface area contributed by atoms with Crippen LogP contribution in [0.1, 0.15) is 48.9 Å². The first-order valence-corrected chi connectivity index (χ1v) is 5.64. The van der Waals surface area contributed by atoms with Crippen LogP contribution in [0.3, 0.4) is 0 Å². The molecule has 0 saturated heterocycles. The van der Waals surface area contributed by atoms with Crippen molar-refractivity contribution < 1.29 is 15.0 Å². The lowest BCUT2D eigenvalue weighted by Crippen LogP contribution is -2.17. The fourth-order valence-corrected chi connectivity index (χ4v) is 1.95. The predicted molar refractivity (Wildman–Crippen MR) is 66.1 cm³/mol. The molecule has 1 aromatic carbocycles. The van der Waals surface area contributed by atoms with Crippen LogP contribution in [-0.4, -0.2) is 16.2 Å². The molecule has 0 aliphatic carbocycles. The summed E-state index contributed by atoms with van der Waals surface area (Å²) in [7, 11) is 0. The Morgan fingerprint density at radius 2 is 2.00 bits per heavy atom. The van der Waals surface area contributed by atoms with Crippen LogP contribution in [0.25, 0.3) is 0 Å². The number of aliphatic carboxylic acids is 1. The van der Waals surface area contributed by atoms with Crippen LogP contribution in [-0.2, 0) is 4.79 Å². The molecule has 4 heteroatoms. The normalized spacial score (nSPS) is 12.8. The molecule has 0 aliphatic heterocycles. The molecule has 0 heterocycles. The van der Waals surface area contributed by atoms with E-state index in [9.17, 15) is 9.90 Å². The van der Waals surface area contributed by atoms with E-state index in [4.69, 9.17) is 10.8 Å². The van der Waals surface area contributed by atoms with Gasteiger partial charge in [-0.15, -0.1) is 0 Å². The summed E-state index contributed by atoms with van der Waals surface area (Å²) in [4.78, 5) is 10.7. The van der Waals surface area contributed by atoms with Gasteiger partial charge in [0.2, 0.25) is 0 Å². The van der Waals surface area contributed by atoms with Gasteiger partial charge in [0.1, 0.15) is 5.75 Å². The third kappa shape index (κ3) is 2.97. The zero-order valence-electron chi connectivity index (χ0n) is 10.4. The van der Waals surface area contributed by atoms with E-state index in [2.05, 4.69) is 0 Å². The number of carboxylic acid groups (broad SMARTS) is 1. The Hall–Kier alpha value is -1.55. The fourth-order valence-electron chi connectivity index (χ4n) is 1.95. The monoisotopic (exact) mass is 237 g/mol. The first-order chi connectivity index (χ1) is 7.84. The maximum atomic E-state index is 10.7. The number of nitrogens with two attached hydrogens (primary N) is 1. The third-order valence-electron chi connectivity index (χ3n) is 2.85. The number of phenolic OH excluding ortho intramolecular Hbond substituents is 1. The van der Waals surface area contributed by atoms with Gasteiger partial charge in [-0.3, -0.25) is 4.79 Å². The third-order valence-corrected chi connectivity index (χ3v) is 2.85. The summed E-state index contributed by atoms with van der Waals surface area (Å²) in [5.74, 6) is -0.661. The summed E-state index contributed by atoms with van der Waals surface area (Å²) in [5, 5.41) is 18.9. The van der Waals surface area contributed by atoms with E-state index in [1.54, 1.807) is 0 Å². The van der Waals surface area contributed by atoms with Crippen LogP contribution >= 0.6 is 0 Å². The number of carbonyl (C=O) groups is 1. The van der Waals surface area contributed by atoms with Crippen molar-refractivity contribution in [2.24, 2.45) is 5.73 Å². The molecule has 1 aromatic rings. The van der Waals surface area contributed by atoms with Gasteiger partial charge in [-0.25, -0.2) is 0 Å². The quantitative estimate of drug-likeness (QED) is 0.750. The van der Waals surface area contributed by atoms with Crippen LogP contribution in [0, 0.1) is 6.92 Å². The molecule has 0 spiro atoms. The lowest BCUT2D eigenvalue weighted by Gasteiger charge is -2.18. The second-order valence-corrected chi connectivity index (χ2v) is 4.59. The van der Waals surface area contributed by atoms with Gasteiger partial charge in [0.25, 0.3) is 0 Å². The lowest BCUT2D eigenvalue weighted by atomic mass is 9.91. The Kier molecular flexibility index (Phi) is 4.12. The number of rotatable bonds is 4. The average Bonchev–Trinajstić information content (AvgIpc) is 2.15. The first kappa shape index (κ1) is 13.5. The summed E-state index contributed by atoms with van der Waals surface area (Å²) < 4.78 is 0. The largest absolute Gasteiger partial charge is 0.507 e. The molecule has 0 aromatic heterocycles. The second kappa shape index (κ2) is 5.19. The van der Waals surface area contributed by atoms with Crippen LogP contribution in [0.5, 0.6) is 5.75 Å². The van der Waals surface area contributed by atoms with Crippen molar-refractivity contribution in [3.63, 3.8) is 0 Å². The number of hydrogen-bond donors (Lipinski definition) is 3. The van der Waals surface area contributed by atoms with Crippen molar-refractivity contribution in [1.82, 2.24) is 0 Å². The van der Waals surface area contributed by atoms with Crippen molar-refractivity contribution >= 4 is 5.97 Å². The van der Waals surface area contributed by atoms with Crippen LogP contribution in [0.4, 0.5) is 0 Å². The Balaban J connectivity index is 3.22. The van der Waals surface area contributed by atoms with Gasteiger partial charge in [-0.1, -0.05) is 26.0 Å². The smallest absolute Gasteiger partial charge is 0.305 e. The number of carboxylic acids is 1. The number of hydrogen-bond acceptors (Lipinski definition) is 3. The molecule has 4 N–H and O–H groups in total. The molecule has 94 valence electrons. The molecule has 1 rings (SSSR count). The molecule has 0 amide bonds. The maximum absolute atomic E-state index is 10.7. The van der Waals surface area contributed by atoms with E-state index in [1.165, 1.54) is 0 Å². The summed E-state index contributed by atoms with van der Waals surface area (Å²) in [6.45, 7) is 5.76. The minimum absolute atomic E-state index is 0.133. The molecule has 0 saturated carbocycles. The van der Waals surface area contributed by atoms with Crippen LogP contribution in [0.15, 0.2) is 12.1 Å². The second-order valence-electron chi connectivity index (χ2n) is 4.59. The highest BCUT2D eigenvalue weighted by Gasteiger charge is 2.20. The Morgan fingerprint density at radius 1 is 1.41 bits per heavy atom. The van der Waals surface area contributed by atoms with Crippen molar-refractivity contribution in [2.75, 3.05) is 0 Å². The molecule has 4 nitrogen and oxygen atoms in total. The fraction of sp³-hybridized carbons (Fsp3) is 0.462. The van der Waals surface area contributed by atoms with Gasteiger partial charge in [-0.2, -0.15) is 0 Å². The molecular formula is C13H19NO3. The van der Waals surface area contributed by atoms with E-state index in [1.807, 2.05) is 32.9 Å². The minimum Gasteiger partial charge on any atom is -0.507 e. The Morgan fingerprint density at radius 3 is 2.47 bits per heavy atom. The molecule has 0 fully saturated rings. The van der Waals surface area contributed by atoms with Crippen molar-refractivity contribution in [3.05, 3.63) is 28.8 Å². The van der Waals surface area contributed by atoms with Gasteiger partial charge in [0.15, 0.2) is 0 Å². The van der Waals surface area contributed by atoms with Gasteiger partial charge < -0.3 is 15.9 Å². The first-order valence-electron chi connectivity index (χ1n) is 5.64. The molecule has 0 radical (unpaired) electrons. The molecule has 0 aliphatic rings. The topological polar surface area (TPSA) is 83.5 Å². The zero-order chi connectivity index (χ0) is 13.2. The predicted octanol–water partition coefficient (Wildman–Crippen LogP) is 2.30. The van der Waals surface area contributed by atoms with Crippen LogP contribution < -0.4 is 5.73 Å². The van der Waals surface area contributed by atoms with E-state index in [0.29, 0.717) is 5.56 Å². The molecule has 1 atom stereocenters. The molecular weight excluding hydrogens is 218 g/mol. The van der Waals surface area contributed by atoms with Gasteiger partial charge in [0, 0.05) is 11.6 Å². The number of aromatic hydroxyl groups is 1. The highest BCUT2D eigenvalue weighted by Crippen LogP contribution is 2.35. The molecule has 1 unspecified atom stereocenters. The van der Waals surface area contributed by atoms with Gasteiger partial charge in [0.05, 0.1) is 6.42 Å². The molecule has 17 heavy (non-hydrogen) atoms. The van der Waals surface area contributed by atoms with E-state index in [0.717, 1.165) is 11.1 Å². The van der Waals surface area contributed by atoms with E-state index in [-0.39, 0.29) is 18.1 Å². The Bertz CT molecular complexity index is 427. The van der Waals surface area contributed by atoms with Crippen molar-refractivity contribution in [3.8, 4) is 5.75 Å². The van der Waals surface area contributed by atoms with Gasteiger partial charge >= 0.3 is 5.97 Å². The average molecular weight is 237 g/mol. The van der Waals surface area contributed by atoms with Crippen LogP contribution in [0.2, 0.25) is 0 Å². The summed E-state index contributed by atoms with van der Waals surface area (Å²) in [6.07, 6.45) is -0.185. The number of phenols is 1. The van der Waals surface area contributed by atoms with Crippen molar-refractivity contribution in [2.45, 2.75) is 39.2 Å². The number of aryl methyl sites for hydroxylation is 1. The molecule has 0 bridgehead atoms. The van der Waals surface area contributed by atoms with E-state index >= 15 is 0 Å².